The van der Waals surface area contributed by atoms with Crippen LogP contribution in [0.2, 0.25) is 0 Å². The van der Waals surface area contributed by atoms with Crippen molar-refractivity contribution in [2.24, 2.45) is 0 Å². The zero-order valence-corrected chi connectivity index (χ0v) is 15.5. The van der Waals surface area contributed by atoms with Crippen LogP contribution in [0.25, 0.3) is 0 Å². The molecule has 1 aromatic carbocycles. The van der Waals surface area contributed by atoms with Crippen LogP contribution in [0.4, 0.5) is 30.5 Å². The second-order valence-corrected chi connectivity index (χ2v) is 5.89. The number of ether oxygens (including phenoxy) is 1. The number of rotatable bonds is 8. The van der Waals surface area contributed by atoms with E-state index in [1.165, 1.54) is 18.2 Å². The number of carbonyl (C=O) groups is 1. The number of benzene rings is 1. The number of hydrogen-bond donors (Lipinski definition) is 3. The van der Waals surface area contributed by atoms with Crippen LogP contribution in [-0.4, -0.2) is 40.5 Å². The van der Waals surface area contributed by atoms with E-state index in [0.29, 0.717) is 18.2 Å². The molecule has 2 heterocycles. The summed E-state index contributed by atoms with van der Waals surface area (Å²) < 4.78 is 41.2. The van der Waals surface area contributed by atoms with Crippen LogP contribution < -0.4 is 20.7 Å². The summed E-state index contributed by atoms with van der Waals surface area (Å²) in [6.07, 6.45) is -1.59. The van der Waals surface area contributed by atoms with Crippen molar-refractivity contribution in [3.63, 3.8) is 0 Å². The van der Waals surface area contributed by atoms with Gasteiger partial charge in [-0.15, -0.1) is 23.4 Å². The minimum Gasteiger partial charge on any atom is -0.405 e. The highest BCUT2D eigenvalue weighted by Crippen LogP contribution is 2.26. The molecule has 156 valence electrons. The summed E-state index contributed by atoms with van der Waals surface area (Å²) in [4.78, 5) is 16.1. The van der Waals surface area contributed by atoms with Gasteiger partial charge in [0.1, 0.15) is 11.6 Å². The predicted octanol–water partition coefficient (Wildman–Crippen LogP) is 3.36. The van der Waals surface area contributed by atoms with Gasteiger partial charge in [-0.05, 0) is 36.4 Å². The number of carbonyl (C=O) groups excluding carboxylic acids is 1. The van der Waals surface area contributed by atoms with Gasteiger partial charge in [-0.2, -0.15) is 0 Å². The second kappa shape index (κ2) is 9.54. The first-order valence-corrected chi connectivity index (χ1v) is 8.78. The average Bonchev–Trinajstić information content (AvgIpc) is 2.72. The van der Waals surface area contributed by atoms with Crippen molar-refractivity contribution in [3.05, 3.63) is 66.5 Å². The van der Waals surface area contributed by atoms with Gasteiger partial charge in [0, 0.05) is 31.2 Å². The Bertz CT molecular complexity index is 968. The van der Waals surface area contributed by atoms with E-state index in [-0.39, 0.29) is 12.1 Å². The molecule has 0 unspecified atom stereocenters. The van der Waals surface area contributed by atoms with Crippen LogP contribution in [0.15, 0.2) is 60.9 Å². The van der Waals surface area contributed by atoms with Crippen molar-refractivity contribution in [1.82, 2.24) is 20.5 Å². The smallest absolute Gasteiger partial charge is 0.405 e. The number of nitrogens with one attached hydrogen (secondary N) is 3. The van der Waals surface area contributed by atoms with Crippen molar-refractivity contribution in [2.45, 2.75) is 6.36 Å². The molecule has 1 amide bonds. The summed E-state index contributed by atoms with van der Waals surface area (Å²) in [5, 5.41) is 16.6. The lowest BCUT2D eigenvalue weighted by Gasteiger charge is -2.13. The summed E-state index contributed by atoms with van der Waals surface area (Å²) in [6, 6.07) is 12.1. The maximum Gasteiger partial charge on any atom is 0.573 e. The molecule has 0 aliphatic heterocycles. The van der Waals surface area contributed by atoms with Crippen molar-refractivity contribution in [3.8, 4) is 5.75 Å². The minimum absolute atomic E-state index is 0.151. The van der Waals surface area contributed by atoms with Gasteiger partial charge >= 0.3 is 6.36 Å². The van der Waals surface area contributed by atoms with E-state index in [2.05, 4.69) is 35.9 Å². The molecule has 0 radical (unpaired) electrons. The SMILES string of the molecule is O=C(NCCNc1ccc(Nc2ccncc2)nn1)c1ccccc1OC(F)(F)F. The lowest BCUT2D eigenvalue weighted by Crippen LogP contribution is -2.30. The lowest BCUT2D eigenvalue weighted by molar-refractivity contribution is -0.274. The normalized spacial score (nSPS) is 10.9. The number of nitrogens with zero attached hydrogens (tertiary/aromatic N) is 3. The van der Waals surface area contributed by atoms with E-state index in [1.807, 2.05) is 0 Å². The number of para-hydroxylation sites is 1. The Morgan fingerprint density at radius 3 is 2.33 bits per heavy atom. The highest BCUT2D eigenvalue weighted by Gasteiger charge is 2.32. The Kier molecular flexibility index (Phi) is 6.63. The maximum atomic E-state index is 12.4. The van der Waals surface area contributed by atoms with Gasteiger partial charge in [-0.25, -0.2) is 0 Å². The number of pyridine rings is 1. The molecule has 11 heteroatoms. The van der Waals surface area contributed by atoms with Gasteiger partial charge in [0.05, 0.1) is 5.56 Å². The molecule has 0 bridgehead atoms. The second-order valence-electron chi connectivity index (χ2n) is 5.89. The van der Waals surface area contributed by atoms with Gasteiger partial charge in [-0.3, -0.25) is 9.78 Å². The van der Waals surface area contributed by atoms with Gasteiger partial charge < -0.3 is 20.7 Å². The fraction of sp³-hybridized carbons (Fsp3) is 0.158. The molecule has 0 fully saturated rings. The molecule has 8 nitrogen and oxygen atoms in total. The van der Waals surface area contributed by atoms with E-state index < -0.39 is 18.0 Å². The van der Waals surface area contributed by atoms with Crippen LogP contribution in [-0.2, 0) is 0 Å². The molecule has 0 aliphatic carbocycles. The maximum absolute atomic E-state index is 12.4. The first-order chi connectivity index (χ1) is 14.4. The zero-order chi connectivity index (χ0) is 21.4. The van der Waals surface area contributed by atoms with Gasteiger partial charge in [0.15, 0.2) is 5.82 Å². The standard InChI is InChI=1S/C19H17F3N6O2/c20-19(21,22)30-15-4-2-1-3-14(15)18(29)25-12-11-24-16-5-6-17(28-27-16)26-13-7-9-23-10-8-13/h1-10H,11-12H2,(H,24,27)(H,25,29)(H,23,26,28). The minimum atomic E-state index is -4.88. The molecule has 0 saturated heterocycles. The average molecular weight is 418 g/mol. The number of alkyl halides is 3. The van der Waals surface area contributed by atoms with E-state index in [9.17, 15) is 18.0 Å². The third-order valence-corrected chi connectivity index (χ3v) is 3.69. The molecule has 0 spiro atoms. The van der Waals surface area contributed by atoms with Gasteiger partial charge in [-0.1, -0.05) is 12.1 Å². The molecule has 0 saturated carbocycles. The Hall–Kier alpha value is -3.89. The van der Waals surface area contributed by atoms with Crippen molar-refractivity contribution >= 4 is 23.2 Å². The lowest BCUT2D eigenvalue weighted by atomic mass is 10.2. The van der Waals surface area contributed by atoms with E-state index in [4.69, 9.17) is 0 Å². The molecule has 0 atom stereocenters. The van der Waals surface area contributed by atoms with E-state index in [0.717, 1.165) is 11.8 Å². The highest BCUT2D eigenvalue weighted by atomic mass is 19.4. The van der Waals surface area contributed by atoms with Crippen molar-refractivity contribution in [2.75, 3.05) is 23.7 Å². The molecular formula is C19H17F3N6O2. The first-order valence-electron chi connectivity index (χ1n) is 8.78. The van der Waals surface area contributed by atoms with Crippen LogP contribution in [0.5, 0.6) is 5.75 Å². The van der Waals surface area contributed by atoms with E-state index in [1.54, 1.807) is 36.7 Å². The molecule has 2 aromatic heterocycles. The van der Waals surface area contributed by atoms with Crippen molar-refractivity contribution in [1.29, 1.82) is 0 Å². The highest BCUT2D eigenvalue weighted by molar-refractivity contribution is 5.96. The summed E-state index contributed by atoms with van der Waals surface area (Å²) in [5.41, 5.74) is 0.610. The van der Waals surface area contributed by atoms with Gasteiger partial charge in [0.25, 0.3) is 5.91 Å². The topological polar surface area (TPSA) is 101 Å². The Balaban J connectivity index is 1.46. The molecule has 3 rings (SSSR count). The summed E-state index contributed by atoms with van der Waals surface area (Å²) in [5.74, 6) is -0.218. The quantitative estimate of drug-likeness (QED) is 0.482. The van der Waals surface area contributed by atoms with E-state index >= 15 is 0 Å². The number of amides is 1. The number of aromatic nitrogens is 3. The molecule has 30 heavy (non-hydrogen) atoms. The molecule has 3 N–H and O–H groups in total. The Labute approximate surface area is 169 Å². The molecule has 0 aliphatic rings. The monoisotopic (exact) mass is 418 g/mol. The number of hydrogen-bond acceptors (Lipinski definition) is 7. The fourth-order valence-corrected chi connectivity index (χ4v) is 2.41. The Morgan fingerprint density at radius 2 is 1.63 bits per heavy atom. The third kappa shape index (κ3) is 6.33. The number of halogens is 3. The summed E-state index contributed by atoms with van der Waals surface area (Å²) in [6.45, 7) is 0.442. The van der Waals surface area contributed by atoms with Gasteiger partial charge in [0.2, 0.25) is 0 Å². The van der Waals surface area contributed by atoms with Crippen molar-refractivity contribution < 1.29 is 22.7 Å². The Morgan fingerprint density at radius 1 is 0.933 bits per heavy atom. The zero-order valence-electron chi connectivity index (χ0n) is 15.5. The molecule has 3 aromatic rings. The third-order valence-electron chi connectivity index (χ3n) is 3.69. The first kappa shape index (κ1) is 20.8. The van der Waals surface area contributed by atoms with Crippen LogP contribution >= 0.6 is 0 Å². The van der Waals surface area contributed by atoms with Crippen LogP contribution in [0.1, 0.15) is 10.4 Å². The fourth-order valence-electron chi connectivity index (χ4n) is 2.41. The predicted molar refractivity (Wildman–Crippen MR) is 103 cm³/mol. The van der Waals surface area contributed by atoms with Crippen LogP contribution in [0.3, 0.4) is 0 Å². The number of anilines is 3. The summed E-state index contributed by atoms with van der Waals surface area (Å²) in [7, 11) is 0. The molecular weight excluding hydrogens is 401 g/mol. The summed E-state index contributed by atoms with van der Waals surface area (Å²) >= 11 is 0. The largest absolute Gasteiger partial charge is 0.573 e. The van der Waals surface area contributed by atoms with Crippen LogP contribution in [0, 0.1) is 0 Å².